The van der Waals surface area contributed by atoms with Crippen molar-refractivity contribution in [2.75, 3.05) is 0 Å². The summed E-state index contributed by atoms with van der Waals surface area (Å²) in [6.45, 7) is 2.13. The number of carbonyl (C=O) groups is 1. The minimum Gasteiger partial charge on any atom is -0.481 e. The summed E-state index contributed by atoms with van der Waals surface area (Å²) in [5, 5.41) is 13.3. The van der Waals surface area contributed by atoms with Crippen molar-refractivity contribution in [2.24, 2.45) is 0 Å². The molecule has 2 aromatic rings. The average molecular weight is 281 g/mol. The summed E-state index contributed by atoms with van der Waals surface area (Å²) in [7, 11) is 0. The van der Waals surface area contributed by atoms with Crippen LogP contribution in [-0.4, -0.2) is 20.9 Å². The number of halogens is 1. The van der Waals surface area contributed by atoms with E-state index in [9.17, 15) is 4.79 Å². The SMILES string of the molecule is Cc1c(Oc2ccccc2Cl)cnn1CCC(=O)O. The topological polar surface area (TPSA) is 64.4 Å². The van der Waals surface area contributed by atoms with Gasteiger partial charge in [0, 0.05) is 0 Å². The molecule has 1 N–H and O–H groups in total. The molecule has 0 amide bonds. The van der Waals surface area contributed by atoms with Crippen molar-refractivity contribution in [2.45, 2.75) is 19.9 Å². The Hall–Kier alpha value is -2.01. The monoisotopic (exact) mass is 280 g/mol. The van der Waals surface area contributed by atoms with Gasteiger partial charge >= 0.3 is 5.97 Å². The second-order valence-electron chi connectivity index (χ2n) is 3.99. The number of hydrogen-bond acceptors (Lipinski definition) is 3. The lowest BCUT2D eigenvalue weighted by Gasteiger charge is -2.07. The van der Waals surface area contributed by atoms with E-state index in [1.165, 1.54) is 0 Å². The molecule has 0 saturated heterocycles. The van der Waals surface area contributed by atoms with E-state index >= 15 is 0 Å². The van der Waals surface area contributed by atoms with Gasteiger partial charge in [0.2, 0.25) is 0 Å². The quantitative estimate of drug-likeness (QED) is 0.914. The normalized spacial score (nSPS) is 10.4. The average Bonchev–Trinajstić information content (AvgIpc) is 2.71. The van der Waals surface area contributed by atoms with Crippen molar-refractivity contribution in [3.05, 3.63) is 41.2 Å². The molecule has 0 atom stereocenters. The fraction of sp³-hybridized carbons (Fsp3) is 0.231. The number of aryl methyl sites for hydroxylation is 1. The van der Waals surface area contributed by atoms with E-state index < -0.39 is 5.97 Å². The molecule has 0 saturated carbocycles. The molecule has 0 aliphatic carbocycles. The molecule has 0 spiro atoms. The van der Waals surface area contributed by atoms with E-state index in [1.54, 1.807) is 23.0 Å². The van der Waals surface area contributed by atoms with Crippen LogP contribution in [0.15, 0.2) is 30.5 Å². The highest BCUT2D eigenvalue weighted by Gasteiger charge is 2.11. The van der Waals surface area contributed by atoms with Crippen LogP contribution in [0.5, 0.6) is 11.5 Å². The Bertz CT molecular complexity index is 595. The van der Waals surface area contributed by atoms with Gasteiger partial charge in [-0.3, -0.25) is 9.48 Å². The molecule has 0 aliphatic heterocycles. The smallest absolute Gasteiger partial charge is 0.305 e. The fourth-order valence-electron chi connectivity index (χ4n) is 1.60. The number of rotatable bonds is 5. The van der Waals surface area contributed by atoms with Gasteiger partial charge in [0.1, 0.15) is 5.75 Å². The number of para-hydroxylation sites is 1. The van der Waals surface area contributed by atoms with Crippen LogP contribution in [0, 0.1) is 6.92 Å². The largest absolute Gasteiger partial charge is 0.481 e. The van der Waals surface area contributed by atoms with Crippen molar-refractivity contribution < 1.29 is 14.6 Å². The zero-order valence-corrected chi connectivity index (χ0v) is 11.1. The lowest BCUT2D eigenvalue weighted by molar-refractivity contribution is -0.137. The molecule has 0 bridgehead atoms. The highest BCUT2D eigenvalue weighted by atomic mass is 35.5. The van der Waals surface area contributed by atoms with Gasteiger partial charge in [-0.1, -0.05) is 23.7 Å². The minimum absolute atomic E-state index is 0.0219. The molecular weight excluding hydrogens is 268 g/mol. The van der Waals surface area contributed by atoms with Gasteiger partial charge in [0.05, 0.1) is 29.9 Å². The number of aromatic nitrogens is 2. The first kappa shape index (κ1) is 13.4. The summed E-state index contributed by atoms with van der Waals surface area (Å²) in [5.74, 6) is 0.256. The molecule has 1 aromatic carbocycles. The minimum atomic E-state index is -0.858. The third-order valence-electron chi connectivity index (χ3n) is 2.65. The summed E-state index contributed by atoms with van der Waals surface area (Å²) in [6.07, 6.45) is 1.58. The van der Waals surface area contributed by atoms with E-state index in [0.717, 1.165) is 5.69 Å². The van der Waals surface area contributed by atoms with Crippen molar-refractivity contribution >= 4 is 17.6 Å². The molecule has 1 heterocycles. The Kier molecular flexibility index (Phi) is 4.06. The Balaban J connectivity index is 2.14. The summed E-state index contributed by atoms with van der Waals surface area (Å²) >= 11 is 6.01. The maximum Gasteiger partial charge on any atom is 0.305 e. The van der Waals surface area contributed by atoms with E-state index in [1.807, 2.05) is 19.1 Å². The predicted molar refractivity (Wildman–Crippen MR) is 70.7 cm³/mol. The molecule has 0 unspecified atom stereocenters. The standard InChI is InChI=1S/C13H13ClN2O3/c1-9-12(8-15-16(9)7-6-13(17)18)19-11-5-3-2-4-10(11)14/h2-5,8H,6-7H2,1H3,(H,17,18). The lowest BCUT2D eigenvalue weighted by Crippen LogP contribution is -2.07. The van der Waals surface area contributed by atoms with Gasteiger partial charge < -0.3 is 9.84 Å². The van der Waals surface area contributed by atoms with Crippen molar-refractivity contribution in [3.63, 3.8) is 0 Å². The highest BCUT2D eigenvalue weighted by Crippen LogP contribution is 2.30. The van der Waals surface area contributed by atoms with Crippen LogP contribution in [0.4, 0.5) is 0 Å². The number of carboxylic acids is 1. The Morgan fingerprint density at radius 3 is 2.84 bits per heavy atom. The third-order valence-corrected chi connectivity index (χ3v) is 2.96. The fourth-order valence-corrected chi connectivity index (χ4v) is 1.78. The van der Waals surface area contributed by atoms with Gasteiger partial charge in [-0.05, 0) is 19.1 Å². The van der Waals surface area contributed by atoms with E-state index in [4.69, 9.17) is 21.4 Å². The molecular formula is C13H13ClN2O3. The van der Waals surface area contributed by atoms with E-state index in [2.05, 4.69) is 5.10 Å². The first-order chi connectivity index (χ1) is 9.08. The molecule has 19 heavy (non-hydrogen) atoms. The lowest BCUT2D eigenvalue weighted by atomic mass is 10.3. The predicted octanol–water partition coefficient (Wildman–Crippen LogP) is 3.11. The van der Waals surface area contributed by atoms with Crippen LogP contribution in [0.3, 0.4) is 0 Å². The number of hydrogen-bond donors (Lipinski definition) is 1. The number of aliphatic carboxylic acids is 1. The Labute approximate surface area is 115 Å². The molecule has 0 fully saturated rings. The number of nitrogens with zero attached hydrogens (tertiary/aromatic N) is 2. The molecule has 1 aromatic heterocycles. The molecule has 0 radical (unpaired) electrons. The van der Waals surface area contributed by atoms with Crippen LogP contribution in [0.25, 0.3) is 0 Å². The third kappa shape index (κ3) is 3.26. The molecule has 0 aliphatic rings. The van der Waals surface area contributed by atoms with Crippen LogP contribution in [-0.2, 0) is 11.3 Å². The molecule has 2 rings (SSSR count). The van der Waals surface area contributed by atoms with Gasteiger partial charge in [0.25, 0.3) is 0 Å². The maximum atomic E-state index is 10.5. The summed E-state index contributed by atoms with van der Waals surface area (Å²) in [4.78, 5) is 10.5. The number of carboxylic acid groups (broad SMARTS) is 1. The van der Waals surface area contributed by atoms with E-state index in [0.29, 0.717) is 23.1 Å². The molecule has 6 heteroatoms. The van der Waals surface area contributed by atoms with Crippen LogP contribution < -0.4 is 4.74 Å². The Morgan fingerprint density at radius 1 is 1.42 bits per heavy atom. The zero-order valence-electron chi connectivity index (χ0n) is 10.3. The summed E-state index contributed by atoms with van der Waals surface area (Å²) < 4.78 is 7.26. The second kappa shape index (κ2) is 5.75. The van der Waals surface area contributed by atoms with Crippen LogP contribution in [0.1, 0.15) is 12.1 Å². The summed E-state index contributed by atoms with van der Waals surface area (Å²) in [6, 6.07) is 7.14. The Morgan fingerprint density at radius 2 is 2.16 bits per heavy atom. The first-order valence-corrected chi connectivity index (χ1v) is 6.12. The van der Waals surface area contributed by atoms with Gasteiger partial charge in [-0.15, -0.1) is 0 Å². The zero-order chi connectivity index (χ0) is 13.8. The molecule has 5 nitrogen and oxygen atoms in total. The van der Waals surface area contributed by atoms with Gasteiger partial charge in [-0.25, -0.2) is 0 Å². The van der Waals surface area contributed by atoms with Gasteiger partial charge in [0.15, 0.2) is 5.75 Å². The van der Waals surface area contributed by atoms with Crippen molar-refractivity contribution in [1.29, 1.82) is 0 Å². The first-order valence-electron chi connectivity index (χ1n) is 5.74. The second-order valence-corrected chi connectivity index (χ2v) is 4.40. The van der Waals surface area contributed by atoms with Gasteiger partial charge in [-0.2, -0.15) is 5.10 Å². The highest BCUT2D eigenvalue weighted by molar-refractivity contribution is 6.32. The number of benzene rings is 1. The van der Waals surface area contributed by atoms with Crippen LogP contribution in [0.2, 0.25) is 5.02 Å². The summed E-state index contributed by atoms with van der Waals surface area (Å²) in [5.41, 5.74) is 0.765. The van der Waals surface area contributed by atoms with Crippen molar-refractivity contribution in [3.8, 4) is 11.5 Å². The maximum absolute atomic E-state index is 10.5. The van der Waals surface area contributed by atoms with E-state index in [-0.39, 0.29) is 6.42 Å². The number of ether oxygens (including phenoxy) is 1. The van der Waals surface area contributed by atoms with Crippen LogP contribution >= 0.6 is 11.6 Å². The van der Waals surface area contributed by atoms with Crippen molar-refractivity contribution in [1.82, 2.24) is 9.78 Å². The molecule has 100 valence electrons.